The molecule has 166 valence electrons. The first-order chi connectivity index (χ1) is 15.0. The summed E-state index contributed by atoms with van der Waals surface area (Å²) in [6, 6.07) is 19.3. The first-order valence-electron chi connectivity index (χ1n) is 10.7. The van der Waals surface area contributed by atoms with Gasteiger partial charge in [0, 0.05) is 21.4 Å². The minimum atomic E-state index is -0.295. The second-order valence-corrected chi connectivity index (χ2v) is 11.2. The molecule has 0 unspecified atom stereocenters. The molecule has 32 heavy (non-hydrogen) atoms. The zero-order chi connectivity index (χ0) is 23.1. The first kappa shape index (κ1) is 22.2. The lowest BCUT2D eigenvalue weighted by Gasteiger charge is -2.33. The van der Waals surface area contributed by atoms with Crippen molar-refractivity contribution in [3.63, 3.8) is 0 Å². The van der Waals surface area contributed by atoms with E-state index in [0.717, 1.165) is 32.8 Å². The first-order valence-corrected chi connectivity index (χ1v) is 11.5. The molecular weight excluding hydrogens is 418 g/mol. The number of nitrogens with zero attached hydrogens (tertiary/aromatic N) is 3. The summed E-state index contributed by atoms with van der Waals surface area (Å²) in [5.41, 5.74) is 2.49. The molecule has 0 saturated carbocycles. The summed E-state index contributed by atoms with van der Waals surface area (Å²) >= 11 is 1.66. The number of hydrogen-bond donors (Lipinski definition) is 2. The fourth-order valence-electron chi connectivity index (χ4n) is 4.38. The highest BCUT2D eigenvalue weighted by molar-refractivity contribution is 7.99. The molecule has 4 rings (SSSR count). The lowest BCUT2D eigenvalue weighted by molar-refractivity contribution is 0.278. The van der Waals surface area contributed by atoms with Crippen LogP contribution in [-0.4, -0.2) is 25.2 Å². The van der Waals surface area contributed by atoms with Crippen LogP contribution in [0.1, 0.15) is 46.6 Å². The highest BCUT2D eigenvalue weighted by atomic mass is 32.2. The van der Waals surface area contributed by atoms with E-state index in [-0.39, 0.29) is 22.3 Å². The summed E-state index contributed by atoms with van der Waals surface area (Å²) < 4.78 is 0. The third-order valence-electron chi connectivity index (χ3n) is 5.34. The van der Waals surface area contributed by atoms with Crippen LogP contribution in [0.2, 0.25) is 0 Å². The van der Waals surface area contributed by atoms with Gasteiger partial charge in [-0.1, -0.05) is 64.6 Å². The molecule has 0 aliphatic heterocycles. The third-order valence-corrected chi connectivity index (χ3v) is 6.34. The van der Waals surface area contributed by atoms with Crippen LogP contribution in [-0.2, 0) is 5.41 Å². The Kier molecular flexibility index (Phi) is 5.67. The Labute approximate surface area is 193 Å². The van der Waals surface area contributed by atoms with Gasteiger partial charge in [0.1, 0.15) is 28.2 Å². The molecule has 0 radical (unpaired) electrons. The van der Waals surface area contributed by atoms with Gasteiger partial charge in [-0.05, 0) is 53.6 Å². The molecule has 0 aliphatic carbocycles. The van der Waals surface area contributed by atoms with Crippen LogP contribution in [0.15, 0.2) is 70.5 Å². The molecule has 0 fully saturated rings. The Morgan fingerprint density at radius 2 is 1.47 bits per heavy atom. The third kappa shape index (κ3) is 4.75. The van der Waals surface area contributed by atoms with Gasteiger partial charge in [-0.15, -0.1) is 15.0 Å². The van der Waals surface area contributed by atoms with Crippen LogP contribution in [0.3, 0.4) is 0 Å². The molecule has 5 nitrogen and oxygen atoms in total. The number of hydrogen-bond acceptors (Lipinski definition) is 5. The van der Waals surface area contributed by atoms with Gasteiger partial charge in [-0.25, -0.2) is 0 Å². The Morgan fingerprint density at radius 3 is 2.16 bits per heavy atom. The Hall–Kier alpha value is -2.99. The molecule has 0 atom stereocenters. The van der Waals surface area contributed by atoms with Crippen molar-refractivity contribution in [2.45, 2.75) is 56.2 Å². The normalized spacial score (nSPS) is 12.4. The van der Waals surface area contributed by atoms with Crippen LogP contribution in [0.5, 0.6) is 11.5 Å². The number of phenols is 2. The molecule has 0 bridgehead atoms. The van der Waals surface area contributed by atoms with Crippen molar-refractivity contribution in [2.75, 3.05) is 0 Å². The molecular formula is C26H29N3O2S. The Bertz CT molecular complexity index is 1260. The van der Waals surface area contributed by atoms with Gasteiger partial charge >= 0.3 is 0 Å². The highest BCUT2D eigenvalue weighted by Gasteiger charge is 2.31. The minimum Gasteiger partial charge on any atom is -0.508 e. The van der Waals surface area contributed by atoms with Crippen molar-refractivity contribution in [1.29, 1.82) is 0 Å². The Balaban J connectivity index is 1.72. The van der Waals surface area contributed by atoms with Crippen LogP contribution in [0.25, 0.3) is 16.7 Å². The predicted molar refractivity (Wildman–Crippen MR) is 130 cm³/mol. The molecule has 4 aromatic rings. The van der Waals surface area contributed by atoms with Gasteiger partial charge in [-0.2, -0.15) is 0 Å². The van der Waals surface area contributed by atoms with Crippen molar-refractivity contribution < 1.29 is 10.2 Å². The SMILES string of the molecule is CC(C)(C)CC(C)(C)c1cc(-n2nc3ccc(Sc4ccccc4)cc3n2)c(O)cc1O. The van der Waals surface area contributed by atoms with E-state index in [1.807, 2.05) is 36.4 Å². The van der Waals surface area contributed by atoms with E-state index in [2.05, 4.69) is 56.9 Å². The van der Waals surface area contributed by atoms with E-state index in [9.17, 15) is 10.2 Å². The smallest absolute Gasteiger partial charge is 0.146 e. The van der Waals surface area contributed by atoms with Gasteiger partial charge in [0.15, 0.2) is 0 Å². The van der Waals surface area contributed by atoms with E-state index < -0.39 is 0 Å². The lowest BCUT2D eigenvalue weighted by Crippen LogP contribution is -2.25. The van der Waals surface area contributed by atoms with Crippen molar-refractivity contribution in [1.82, 2.24) is 15.0 Å². The molecule has 2 N–H and O–H groups in total. The van der Waals surface area contributed by atoms with E-state index in [1.54, 1.807) is 17.8 Å². The summed E-state index contributed by atoms with van der Waals surface area (Å²) in [7, 11) is 0. The molecule has 0 saturated heterocycles. The fraction of sp³-hybridized carbons (Fsp3) is 0.308. The number of benzene rings is 3. The Morgan fingerprint density at radius 1 is 0.781 bits per heavy atom. The number of phenolic OH excluding ortho intramolecular Hbond substituents is 2. The number of fused-ring (bicyclic) bond motifs is 1. The number of aromatic nitrogens is 3. The molecule has 0 spiro atoms. The minimum absolute atomic E-state index is 0.0583. The van der Waals surface area contributed by atoms with Gasteiger partial charge in [0.2, 0.25) is 0 Å². The van der Waals surface area contributed by atoms with Crippen LogP contribution < -0.4 is 0 Å². The van der Waals surface area contributed by atoms with E-state index >= 15 is 0 Å². The summed E-state index contributed by atoms with van der Waals surface area (Å²) in [5, 5.41) is 30.4. The summed E-state index contributed by atoms with van der Waals surface area (Å²) in [5.74, 6) is 0.0238. The van der Waals surface area contributed by atoms with Crippen molar-refractivity contribution in [2.24, 2.45) is 5.41 Å². The van der Waals surface area contributed by atoms with Crippen molar-refractivity contribution in [3.05, 3.63) is 66.2 Å². The number of rotatable bonds is 5. The van der Waals surface area contributed by atoms with Gasteiger partial charge in [-0.3, -0.25) is 0 Å². The maximum Gasteiger partial charge on any atom is 0.146 e. The molecule has 3 aromatic carbocycles. The zero-order valence-corrected chi connectivity index (χ0v) is 19.9. The quantitative estimate of drug-likeness (QED) is 0.356. The summed E-state index contributed by atoms with van der Waals surface area (Å²) in [6.07, 6.45) is 0.867. The van der Waals surface area contributed by atoms with Gasteiger partial charge in [0.25, 0.3) is 0 Å². The average molecular weight is 448 g/mol. The van der Waals surface area contributed by atoms with Crippen LogP contribution >= 0.6 is 11.8 Å². The summed E-state index contributed by atoms with van der Waals surface area (Å²) in [6.45, 7) is 10.8. The lowest BCUT2D eigenvalue weighted by atomic mass is 9.72. The summed E-state index contributed by atoms with van der Waals surface area (Å²) in [4.78, 5) is 3.67. The van der Waals surface area contributed by atoms with E-state index in [4.69, 9.17) is 0 Å². The fourth-order valence-corrected chi connectivity index (χ4v) is 5.25. The van der Waals surface area contributed by atoms with Gasteiger partial charge in [0.05, 0.1) is 0 Å². The standard InChI is InChI=1S/C26H29N3O2S/c1-25(2,3)16-26(4,5)19-14-22(24(31)15-23(19)30)29-27-20-12-11-18(13-21(20)28-29)32-17-9-7-6-8-10-17/h6-15,30-31H,16H2,1-5H3. The predicted octanol–water partition coefficient (Wildman–Crippen LogP) is 6.70. The number of aromatic hydroxyl groups is 2. The molecule has 6 heteroatoms. The van der Waals surface area contributed by atoms with Crippen LogP contribution in [0.4, 0.5) is 0 Å². The maximum atomic E-state index is 10.6. The molecule has 1 heterocycles. The molecule has 1 aromatic heterocycles. The average Bonchev–Trinajstić information content (AvgIpc) is 3.09. The van der Waals surface area contributed by atoms with E-state index in [0.29, 0.717) is 5.69 Å². The van der Waals surface area contributed by atoms with Crippen molar-refractivity contribution >= 4 is 22.8 Å². The largest absolute Gasteiger partial charge is 0.508 e. The zero-order valence-electron chi connectivity index (χ0n) is 19.1. The molecule has 0 amide bonds. The second-order valence-electron chi connectivity index (χ2n) is 10.0. The monoisotopic (exact) mass is 447 g/mol. The topological polar surface area (TPSA) is 71.2 Å². The van der Waals surface area contributed by atoms with Crippen LogP contribution in [0, 0.1) is 5.41 Å². The van der Waals surface area contributed by atoms with Crippen molar-refractivity contribution in [3.8, 4) is 17.2 Å². The molecule has 0 aliphatic rings. The van der Waals surface area contributed by atoms with Gasteiger partial charge < -0.3 is 10.2 Å². The van der Waals surface area contributed by atoms with E-state index in [1.165, 1.54) is 10.9 Å². The maximum absolute atomic E-state index is 10.6. The highest BCUT2D eigenvalue weighted by Crippen LogP contribution is 2.43. The second kappa shape index (κ2) is 8.17.